The maximum atomic E-state index is 12.3. The highest BCUT2D eigenvalue weighted by Gasteiger charge is 2.32. The fourth-order valence-electron chi connectivity index (χ4n) is 3.85. The molecule has 0 radical (unpaired) electrons. The second kappa shape index (κ2) is 6.36. The van der Waals surface area contributed by atoms with E-state index in [1.54, 1.807) is 0 Å². The summed E-state index contributed by atoms with van der Waals surface area (Å²) >= 11 is 0. The predicted octanol–water partition coefficient (Wildman–Crippen LogP) is 3.82. The van der Waals surface area contributed by atoms with Crippen LogP contribution in [-0.4, -0.2) is 30.7 Å². The third-order valence-electron chi connectivity index (χ3n) is 5.26. The Morgan fingerprint density at radius 1 is 1.08 bits per heavy atom. The fraction of sp³-hybridized carbons (Fsp3) is 0.333. The quantitative estimate of drug-likeness (QED) is 0.610. The van der Waals surface area contributed by atoms with E-state index in [9.17, 15) is 4.79 Å². The summed E-state index contributed by atoms with van der Waals surface area (Å²) in [6.45, 7) is 0. The topological polar surface area (TPSA) is 41.9 Å². The first kappa shape index (κ1) is 15.9. The summed E-state index contributed by atoms with van der Waals surface area (Å²) in [6.07, 6.45) is 8.76. The summed E-state index contributed by atoms with van der Waals surface area (Å²) in [5.74, 6) is 0.263. The van der Waals surface area contributed by atoms with Crippen LogP contribution >= 0.6 is 0 Å². The molecule has 0 aromatic heterocycles. The lowest BCUT2D eigenvalue weighted by Crippen LogP contribution is -2.21. The van der Waals surface area contributed by atoms with Gasteiger partial charge >= 0.3 is 5.97 Å². The number of hydrogen-bond acceptors (Lipinski definition) is 4. The Balaban J connectivity index is 1.77. The summed E-state index contributed by atoms with van der Waals surface area (Å²) < 4.78 is 0. The first-order valence-corrected chi connectivity index (χ1v) is 8.81. The van der Waals surface area contributed by atoms with Gasteiger partial charge < -0.3 is 9.74 Å². The van der Waals surface area contributed by atoms with Crippen LogP contribution in [0, 0.1) is 5.92 Å². The molecule has 2 aliphatic carbocycles. The van der Waals surface area contributed by atoms with Gasteiger partial charge in [0.25, 0.3) is 0 Å². The number of fused-ring (bicyclic) bond motifs is 1. The summed E-state index contributed by atoms with van der Waals surface area (Å²) in [4.78, 5) is 19.5. The number of carbonyl (C=O) groups excluding carboxylic acids is 1. The number of hydrogen-bond donors (Lipinski definition) is 0. The number of benzene rings is 1. The summed E-state index contributed by atoms with van der Waals surface area (Å²) in [5.41, 5.74) is 5.93. The van der Waals surface area contributed by atoms with Crippen molar-refractivity contribution >= 4 is 11.7 Å². The van der Waals surface area contributed by atoms with Gasteiger partial charge in [0.05, 0.1) is 5.57 Å². The SMILES string of the molecule is CN(C)C1=CC2=CC(=C3C(=O)ON=C3c3ccccc3)CCC2CC1. The Morgan fingerprint density at radius 3 is 2.60 bits per heavy atom. The zero-order valence-electron chi connectivity index (χ0n) is 14.7. The lowest BCUT2D eigenvalue weighted by molar-refractivity contribution is -0.136. The van der Waals surface area contributed by atoms with Crippen LogP contribution in [0.2, 0.25) is 0 Å². The molecule has 0 N–H and O–H groups in total. The largest absolute Gasteiger partial charge is 0.381 e. The number of nitrogens with zero attached hydrogens (tertiary/aromatic N) is 2. The summed E-state index contributed by atoms with van der Waals surface area (Å²) in [7, 11) is 4.17. The first-order valence-electron chi connectivity index (χ1n) is 8.81. The third-order valence-corrected chi connectivity index (χ3v) is 5.26. The van der Waals surface area contributed by atoms with Crippen LogP contribution in [0.1, 0.15) is 31.2 Å². The lowest BCUT2D eigenvalue weighted by Gasteiger charge is -2.31. The van der Waals surface area contributed by atoms with Crippen LogP contribution in [0.15, 0.2) is 70.1 Å². The number of carbonyl (C=O) groups is 1. The monoisotopic (exact) mass is 334 g/mol. The molecule has 25 heavy (non-hydrogen) atoms. The second-order valence-electron chi connectivity index (χ2n) is 7.03. The van der Waals surface area contributed by atoms with Crippen LogP contribution in [0.3, 0.4) is 0 Å². The van der Waals surface area contributed by atoms with Crippen LogP contribution in [0.5, 0.6) is 0 Å². The van der Waals surface area contributed by atoms with E-state index >= 15 is 0 Å². The minimum Gasteiger partial charge on any atom is -0.381 e. The minimum absolute atomic E-state index is 0.336. The van der Waals surface area contributed by atoms with Gasteiger partial charge in [-0.25, -0.2) is 4.79 Å². The predicted molar refractivity (Wildman–Crippen MR) is 97.9 cm³/mol. The van der Waals surface area contributed by atoms with Gasteiger partial charge in [-0.3, -0.25) is 0 Å². The summed E-state index contributed by atoms with van der Waals surface area (Å²) in [5, 5.41) is 4.05. The Kier molecular flexibility index (Phi) is 4.04. The van der Waals surface area contributed by atoms with E-state index in [1.165, 1.54) is 17.7 Å². The van der Waals surface area contributed by atoms with Crippen molar-refractivity contribution < 1.29 is 9.63 Å². The molecule has 0 saturated carbocycles. The van der Waals surface area contributed by atoms with E-state index < -0.39 is 0 Å². The molecule has 0 amide bonds. The van der Waals surface area contributed by atoms with E-state index in [0.29, 0.717) is 17.2 Å². The Hall–Kier alpha value is -2.62. The van der Waals surface area contributed by atoms with E-state index in [-0.39, 0.29) is 5.97 Å². The normalized spacial score (nSPS) is 25.6. The highest BCUT2D eigenvalue weighted by atomic mass is 16.7. The average Bonchev–Trinajstić information content (AvgIpc) is 3.03. The van der Waals surface area contributed by atoms with Gasteiger partial charge in [0.15, 0.2) is 0 Å². The minimum atomic E-state index is -0.336. The van der Waals surface area contributed by atoms with Crippen molar-refractivity contribution in [2.45, 2.75) is 25.7 Å². The van der Waals surface area contributed by atoms with Gasteiger partial charge in [-0.2, -0.15) is 0 Å². The molecule has 4 rings (SSSR count). The zero-order valence-corrected chi connectivity index (χ0v) is 14.7. The van der Waals surface area contributed by atoms with Gasteiger partial charge in [-0.05, 0) is 48.8 Å². The molecule has 128 valence electrons. The van der Waals surface area contributed by atoms with Crippen molar-refractivity contribution in [1.29, 1.82) is 0 Å². The molecule has 0 spiro atoms. The van der Waals surface area contributed by atoms with E-state index in [2.05, 4.69) is 36.3 Å². The molecule has 3 aliphatic rings. The van der Waals surface area contributed by atoms with Crippen molar-refractivity contribution in [1.82, 2.24) is 4.90 Å². The smallest absolute Gasteiger partial charge is 0.368 e. The van der Waals surface area contributed by atoms with Gasteiger partial charge in [-0.1, -0.05) is 41.6 Å². The Bertz CT molecular complexity index is 829. The van der Waals surface area contributed by atoms with Gasteiger partial charge in [0, 0.05) is 25.4 Å². The molecule has 1 unspecified atom stereocenters. The molecule has 0 saturated heterocycles. The molecule has 4 heteroatoms. The van der Waals surface area contributed by atoms with Crippen LogP contribution < -0.4 is 0 Å². The Labute approximate surface area is 148 Å². The molecule has 1 aromatic carbocycles. The van der Waals surface area contributed by atoms with Gasteiger partial charge in [0.2, 0.25) is 0 Å². The van der Waals surface area contributed by atoms with Gasteiger partial charge in [0.1, 0.15) is 5.71 Å². The van der Waals surface area contributed by atoms with Crippen molar-refractivity contribution in [2.24, 2.45) is 11.1 Å². The maximum Gasteiger partial charge on any atom is 0.368 e. The van der Waals surface area contributed by atoms with Crippen molar-refractivity contribution in [3.8, 4) is 0 Å². The molecular formula is C21H22N2O2. The second-order valence-corrected chi connectivity index (χ2v) is 7.03. The molecule has 1 aromatic rings. The molecule has 1 aliphatic heterocycles. The maximum absolute atomic E-state index is 12.3. The van der Waals surface area contributed by atoms with Crippen molar-refractivity contribution in [2.75, 3.05) is 14.1 Å². The van der Waals surface area contributed by atoms with Crippen LogP contribution in [0.25, 0.3) is 0 Å². The highest BCUT2D eigenvalue weighted by molar-refractivity contribution is 6.29. The van der Waals surface area contributed by atoms with Crippen LogP contribution in [0.4, 0.5) is 0 Å². The zero-order chi connectivity index (χ0) is 17.4. The molecule has 1 heterocycles. The number of rotatable bonds is 2. The van der Waals surface area contributed by atoms with Crippen LogP contribution in [-0.2, 0) is 9.63 Å². The standard InChI is InChI=1S/C21H22N2O2/c1-23(2)18-11-10-14-8-9-16(12-17(14)13-18)19-20(22-25-21(19)24)15-6-4-3-5-7-15/h3-7,12-14H,8-11H2,1-2H3. The van der Waals surface area contributed by atoms with E-state index in [4.69, 9.17) is 4.84 Å². The molecule has 0 bridgehead atoms. The Morgan fingerprint density at radius 2 is 1.84 bits per heavy atom. The number of oxime groups is 1. The molecule has 0 fully saturated rings. The lowest BCUT2D eigenvalue weighted by atomic mass is 9.77. The van der Waals surface area contributed by atoms with E-state index in [0.717, 1.165) is 30.4 Å². The summed E-state index contributed by atoms with van der Waals surface area (Å²) in [6, 6.07) is 9.78. The highest BCUT2D eigenvalue weighted by Crippen LogP contribution is 2.39. The first-order chi connectivity index (χ1) is 12.1. The van der Waals surface area contributed by atoms with Crippen molar-refractivity contribution in [3.63, 3.8) is 0 Å². The molecule has 1 atom stereocenters. The number of allylic oxidation sites excluding steroid dienone is 5. The van der Waals surface area contributed by atoms with Crippen molar-refractivity contribution in [3.05, 3.63) is 70.5 Å². The fourth-order valence-corrected chi connectivity index (χ4v) is 3.85. The van der Waals surface area contributed by atoms with Gasteiger partial charge in [-0.15, -0.1) is 0 Å². The third kappa shape index (κ3) is 2.93. The molecule has 4 nitrogen and oxygen atoms in total. The molecular weight excluding hydrogens is 312 g/mol. The average molecular weight is 334 g/mol. The van der Waals surface area contributed by atoms with E-state index in [1.807, 2.05) is 30.3 Å².